The van der Waals surface area contributed by atoms with Crippen molar-refractivity contribution < 1.29 is 9.90 Å². The van der Waals surface area contributed by atoms with Crippen LogP contribution in [0, 0.1) is 0 Å². The molecule has 0 saturated heterocycles. The first-order valence-electron chi connectivity index (χ1n) is 7.34. The summed E-state index contributed by atoms with van der Waals surface area (Å²) in [5, 5.41) is 8.75. The van der Waals surface area contributed by atoms with Gasteiger partial charge in [-0.3, -0.25) is 4.79 Å². The average molecular weight is 259 g/mol. The quantitative estimate of drug-likeness (QED) is 0.903. The highest BCUT2D eigenvalue weighted by atomic mass is 16.4. The molecule has 0 radical (unpaired) electrons. The van der Waals surface area contributed by atoms with Crippen LogP contribution in [0.3, 0.4) is 0 Å². The summed E-state index contributed by atoms with van der Waals surface area (Å²) in [4.78, 5) is 13.2. The lowest BCUT2D eigenvalue weighted by molar-refractivity contribution is -0.136. The third kappa shape index (κ3) is 2.60. The number of rotatable bonds is 4. The van der Waals surface area contributed by atoms with Crippen molar-refractivity contribution in [3.63, 3.8) is 0 Å². The Balaban J connectivity index is 1.74. The van der Waals surface area contributed by atoms with E-state index < -0.39 is 5.97 Å². The number of aliphatic carboxylic acids is 1. The predicted molar refractivity (Wildman–Crippen MR) is 75.7 cm³/mol. The molecule has 102 valence electrons. The molecule has 1 aromatic rings. The number of carboxylic acid groups (broad SMARTS) is 1. The molecule has 0 spiro atoms. The van der Waals surface area contributed by atoms with Crippen LogP contribution < -0.4 is 4.90 Å². The molecule has 0 unspecified atom stereocenters. The fourth-order valence-corrected chi connectivity index (χ4v) is 3.48. The topological polar surface area (TPSA) is 40.5 Å². The van der Waals surface area contributed by atoms with Gasteiger partial charge in [0, 0.05) is 24.7 Å². The highest BCUT2D eigenvalue weighted by Gasteiger charge is 2.28. The number of fused-ring (bicyclic) bond motifs is 1. The van der Waals surface area contributed by atoms with Crippen molar-refractivity contribution in [1.82, 2.24) is 0 Å². The molecule has 0 atom stereocenters. The minimum Gasteiger partial charge on any atom is -0.481 e. The Kier molecular flexibility index (Phi) is 3.45. The van der Waals surface area contributed by atoms with Gasteiger partial charge < -0.3 is 10.0 Å². The summed E-state index contributed by atoms with van der Waals surface area (Å²) in [6, 6.07) is 7.27. The Hall–Kier alpha value is -1.51. The molecule has 0 amide bonds. The van der Waals surface area contributed by atoms with Gasteiger partial charge in [-0.2, -0.15) is 0 Å². The van der Waals surface area contributed by atoms with Gasteiger partial charge in [-0.25, -0.2) is 0 Å². The number of anilines is 1. The van der Waals surface area contributed by atoms with Crippen molar-refractivity contribution >= 4 is 11.7 Å². The maximum Gasteiger partial charge on any atom is 0.303 e. The van der Waals surface area contributed by atoms with E-state index >= 15 is 0 Å². The second kappa shape index (κ2) is 5.24. The first-order valence-corrected chi connectivity index (χ1v) is 7.34. The van der Waals surface area contributed by atoms with Crippen LogP contribution in [-0.2, 0) is 17.6 Å². The van der Waals surface area contributed by atoms with Crippen LogP contribution in [0.4, 0.5) is 5.69 Å². The van der Waals surface area contributed by atoms with Crippen LogP contribution in [0.2, 0.25) is 0 Å². The lowest BCUT2D eigenvalue weighted by atomic mass is 10.0. The van der Waals surface area contributed by atoms with Crippen molar-refractivity contribution in [2.75, 3.05) is 11.4 Å². The molecule has 1 aliphatic heterocycles. The lowest BCUT2D eigenvalue weighted by Gasteiger charge is -2.26. The Morgan fingerprint density at radius 1 is 1.32 bits per heavy atom. The zero-order chi connectivity index (χ0) is 13.2. The average Bonchev–Trinajstić information content (AvgIpc) is 3.04. The zero-order valence-corrected chi connectivity index (χ0v) is 11.3. The lowest BCUT2D eigenvalue weighted by Crippen LogP contribution is -2.31. The third-order valence-corrected chi connectivity index (χ3v) is 4.47. The summed E-state index contributed by atoms with van der Waals surface area (Å²) in [5.41, 5.74) is 3.97. The maximum atomic E-state index is 10.6. The molecule has 1 fully saturated rings. The number of carboxylic acids is 1. The standard InChI is InChI=1S/C16H21NO2/c18-16(19)8-6-12-5-7-15-13(11-12)9-10-17(15)14-3-1-2-4-14/h5,7,11,14H,1-4,6,8-10H2,(H,18,19). The van der Waals surface area contributed by atoms with E-state index in [1.807, 2.05) is 0 Å². The molecule has 3 heteroatoms. The second-order valence-corrected chi connectivity index (χ2v) is 5.74. The molecule has 1 aromatic carbocycles. The largest absolute Gasteiger partial charge is 0.481 e. The molecular formula is C16H21NO2. The molecule has 1 aliphatic carbocycles. The van der Waals surface area contributed by atoms with Gasteiger partial charge in [0.05, 0.1) is 0 Å². The van der Waals surface area contributed by atoms with Gasteiger partial charge in [0.15, 0.2) is 0 Å². The fourth-order valence-electron chi connectivity index (χ4n) is 3.48. The van der Waals surface area contributed by atoms with Gasteiger partial charge in [-0.1, -0.05) is 25.0 Å². The van der Waals surface area contributed by atoms with Gasteiger partial charge in [0.25, 0.3) is 0 Å². The van der Waals surface area contributed by atoms with E-state index in [1.54, 1.807) is 0 Å². The van der Waals surface area contributed by atoms with Gasteiger partial charge in [0.2, 0.25) is 0 Å². The molecule has 1 N–H and O–H groups in total. The molecule has 1 saturated carbocycles. The molecule has 3 nitrogen and oxygen atoms in total. The SMILES string of the molecule is O=C(O)CCc1ccc2c(c1)CCN2C1CCCC1. The number of aryl methyl sites for hydroxylation is 1. The van der Waals surface area contributed by atoms with E-state index in [0.717, 1.165) is 24.6 Å². The smallest absolute Gasteiger partial charge is 0.303 e. The van der Waals surface area contributed by atoms with Gasteiger partial charge in [-0.05, 0) is 42.9 Å². The normalized spacial score (nSPS) is 18.8. The summed E-state index contributed by atoms with van der Waals surface area (Å²) in [6.07, 6.45) is 7.39. The van der Waals surface area contributed by atoms with E-state index in [-0.39, 0.29) is 6.42 Å². The summed E-state index contributed by atoms with van der Waals surface area (Å²) in [7, 11) is 0. The molecular weight excluding hydrogens is 238 g/mol. The Bertz CT molecular complexity index is 478. The van der Waals surface area contributed by atoms with Crippen LogP contribution in [-0.4, -0.2) is 23.7 Å². The van der Waals surface area contributed by atoms with E-state index in [1.165, 1.54) is 36.9 Å². The molecule has 0 aromatic heterocycles. The van der Waals surface area contributed by atoms with Crippen LogP contribution in [0.1, 0.15) is 43.2 Å². The van der Waals surface area contributed by atoms with Crippen molar-refractivity contribution in [3.8, 4) is 0 Å². The van der Waals surface area contributed by atoms with Crippen LogP contribution in [0.5, 0.6) is 0 Å². The zero-order valence-electron chi connectivity index (χ0n) is 11.3. The van der Waals surface area contributed by atoms with Crippen molar-refractivity contribution in [1.29, 1.82) is 0 Å². The summed E-state index contributed by atoms with van der Waals surface area (Å²) in [5.74, 6) is -0.715. The number of benzene rings is 1. The summed E-state index contributed by atoms with van der Waals surface area (Å²) >= 11 is 0. The summed E-state index contributed by atoms with van der Waals surface area (Å²) < 4.78 is 0. The number of carbonyl (C=O) groups is 1. The van der Waals surface area contributed by atoms with Gasteiger partial charge >= 0.3 is 5.97 Å². The van der Waals surface area contributed by atoms with Crippen LogP contribution in [0.25, 0.3) is 0 Å². The first-order chi connectivity index (χ1) is 9.24. The molecule has 2 aliphatic rings. The van der Waals surface area contributed by atoms with E-state index in [9.17, 15) is 4.79 Å². The number of hydrogen-bond acceptors (Lipinski definition) is 2. The minimum atomic E-state index is -0.715. The first kappa shape index (κ1) is 12.5. The van der Waals surface area contributed by atoms with Gasteiger partial charge in [-0.15, -0.1) is 0 Å². The molecule has 1 heterocycles. The van der Waals surface area contributed by atoms with Gasteiger partial charge in [0.1, 0.15) is 0 Å². The monoisotopic (exact) mass is 259 g/mol. The van der Waals surface area contributed by atoms with Crippen molar-refractivity contribution in [2.24, 2.45) is 0 Å². The van der Waals surface area contributed by atoms with Crippen LogP contribution >= 0.6 is 0 Å². The minimum absolute atomic E-state index is 0.227. The summed E-state index contributed by atoms with van der Waals surface area (Å²) in [6.45, 7) is 1.14. The van der Waals surface area contributed by atoms with Crippen LogP contribution in [0.15, 0.2) is 18.2 Å². The van der Waals surface area contributed by atoms with Crippen molar-refractivity contribution in [2.45, 2.75) is 51.0 Å². The third-order valence-electron chi connectivity index (χ3n) is 4.47. The number of hydrogen-bond donors (Lipinski definition) is 1. The Morgan fingerprint density at radius 3 is 2.84 bits per heavy atom. The van der Waals surface area contributed by atoms with Crippen molar-refractivity contribution in [3.05, 3.63) is 29.3 Å². The molecule has 3 rings (SSSR count). The molecule has 19 heavy (non-hydrogen) atoms. The highest BCUT2D eigenvalue weighted by Crippen LogP contribution is 2.35. The molecule has 0 bridgehead atoms. The highest BCUT2D eigenvalue weighted by molar-refractivity contribution is 5.67. The van der Waals surface area contributed by atoms with E-state index in [4.69, 9.17) is 5.11 Å². The Labute approximate surface area is 114 Å². The van der Waals surface area contributed by atoms with E-state index in [2.05, 4.69) is 23.1 Å². The van der Waals surface area contributed by atoms with E-state index in [0.29, 0.717) is 6.42 Å². The second-order valence-electron chi connectivity index (χ2n) is 5.74. The fraction of sp³-hybridized carbons (Fsp3) is 0.562. The predicted octanol–water partition coefficient (Wildman–Crippen LogP) is 3.01. The maximum absolute atomic E-state index is 10.6. The number of nitrogens with zero attached hydrogens (tertiary/aromatic N) is 1. The Morgan fingerprint density at radius 2 is 2.11 bits per heavy atom.